The number of aromatic nitrogens is 3. The Morgan fingerprint density at radius 3 is 2.79 bits per heavy atom. The quantitative estimate of drug-likeness (QED) is 0.882. The van der Waals surface area contributed by atoms with Gasteiger partial charge in [-0.3, -0.25) is 0 Å². The highest BCUT2D eigenvalue weighted by molar-refractivity contribution is 5.30. The van der Waals surface area contributed by atoms with Crippen LogP contribution in [0.4, 0.5) is 0 Å². The van der Waals surface area contributed by atoms with Crippen molar-refractivity contribution in [3.63, 3.8) is 0 Å². The molecule has 3 aliphatic heterocycles. The third kappa shape index (κ3) is 2.05. The van der Waals surface area contributed by atoms with E-state index in [9.17, 15) is 5.11 Å². The molecule has 7 nitrogen and oxygen atoms in total. The predicted octanol–water partition coefficient (Wildman–Crippen LogP) is 1.48. The van der Waals surface area contributed by atoms with Crippen molar-refractivity contribution in [2.75, 3.05) is 0 Å². The molecule has 4 heterocycles. The highest BCUT2D eigenvalue weighted by Crippen LogP contribution is 2.52. The van der Waals surface area contributed by atoms with Crippen molar-refractivity contribution in [3.8, 4) is 0 Å². The second-order valence-corrected chi connectivity index (χ2v) is 8.15. The minimum absolute atomic E-state index is 0.376. The van der Waals surface area contributed by atoms with Crippen LogP contribution in [-0.4, -0.2) is 44.4 Å². The lowest BCUT2D eigenvalue weighted by Crippen LogP contribution is -2.44. The topological polar surface area (TPSA) is 78.6 Å². The molecule has 1 aliphatic carbocycles. The Morgan fingerprint density at radius 2 is 2.00 bits per heavy atom. The van der Waals surface area contributed by atoms with Crippen LogP contribution in [0.15, 0.2) is 0 Å². The molecule has 1 N–H and O–H groups in total. The van der Waals surface area contributed by atoms with Crippen molar-refractivity contribution in [2.24, 2.45) is 5.92 Å². The monoisotopic (exact) mass is 335 g/mol. The smallest absolute Gasteiger partial charge is 0.191 e. The zero-order valence-corrected chi connectivity index (χ0v) is 14.3. The molecule has 0 bridgehead atoms. The molecule has 1 aromatic rings. The third-order valence-corrected chi connectivity index (χ3v) is 6.01. The van der Waals surface area contributed by atoms with Crippen molar-refractivity contribution in [1.29, 1.82) is 0 Å². The van der Waals surface area contributed by atoms with Gasteiger partial charge in [0.2, 0.25) is 0 Å². The van der Waals surface area contributed by atoms with E-state index in [0.29, 0.717) is 12.5 Å². The fourth-order valence-corrected chi connectivity index (χ4v) is 4.92. The highest BCUT2D eigenvalue weighted by Gasteiger charge is 2.68. The Bertz CT molecular complexity index is 654. The highest BCUT2D eigenvalue weighted by atomic mass is 16.8. The summed E-state index contributed by atoms with van der Waals surface area (Å²) >= 11 is 0. The molecule has 1 aromatic heterocycles. The molecular weight excluding hydrogens is 310 g/mol. The van der Waals surface area contributed by atoms with Gasteiger partial charge in [0.15, 0.2) is 17.7 Å². The summed E-state index contributed by atoms with van der Waals surface area (Å²) in [5.74, 6) is -0.112. The lowest BCUT2D eigenvalue weighted by Gasteiger charge is -2.29. The number of fused-ring (bicyclic) bond motifs is 5. The second-order valence-electron chi connectivity index (χ2n) is 8.15. The molecule has 24 heavy (non-hydrogen) atoms. The molecule has 0 spiro atoms. The Balaban J connectivity index is 1.47. The Kier molecular flexibility index (Phi) is 3.18. The van der Waals surface area contributed by atoms with Crippen LogP contribution in [0.25, 0.3) is 0 Å². The van der Waals surface area contributed by atoms with E-state index in [1.165, 1.54) is 32.1 Å². The molecular formula is C17H25N3O4. The number of hydrogen-bond donors (Lipinski definition) is 1. The van der Waals surface area contributed by atoms with E-state index in [1.54, 1.807) is 4.68 Å². The van der Waals surface area contributed by atoms with Crippen LogP contribution in [0, 0.1) is 5.92 Å². The van der Waals surface area contributed by atoms with Crippen molar-refractivity contribution in [2.45, 2.75) is 88.8 Å². The molecule has 7 heteroatoms. The van der Waals surface area contributed by atoms with Gasteiger partial charge in [-0.2, -0.15) is 0 Å². The minimum atomic E-state index is -1.22. The predicted molar refractivity (Wildman–Crippen MR) is 82.9 cm³/mol. The van der Waals surface area contributed by atoms with Crippen molar-refractivity contribution >= 4 is 0 Å². The first-order valence-electron chi connectivity index (χ1n) is 9.14. The van der Waals surface area contributed by atoms with Gasteiger partial charge in [-0.05, 0) is 26.2 Å². The first kappa shape index (κ1) is 15.3. The van der Waals surface area contributed by atoms with E-state index >= 15 is 0 Å². The summed E-state index contributed by atoms with van der Waals surface area (Å²) in [5.41, 5.74) is 0.475. The summed E-state index contributed by atoms with van der Waals surface area (Å²) in [4.78, 5) is 0. The molecule has 4 aliphatic rings. The van der Waals surface area contributed by atoms with Crippen LogP contribution in [0.5, 0.6) is 0 Å². The van der Waals surface area contributed by atoms with Crippen LogP contribution in [0.1, 0.15) is 57.3 Å². The Hall–Kier alpha value is -1.02. The number of aliphatic hydroxyl groups is 1. The first-order valence-corrected chi connectivity index (χ1v) is 9.14. The average Bonchev–Trinajstić information content (AvgIpc) is 3.20. The van der Waals surface area contributed by atoms with Gasteiger partial charge in [0.25, 0.3) is 0 Å². The van der Waals surface area contributed by atoms with E-state index < -0.39 is 23.8 Å². The Labute approximate surface area is 141 Å². The zero-order chi connectivity index (χ0) is 16.5. The SMILES string of the molecule is CC1(C)O[C@H]2O[C@@H]3Cn4nnc(CC5CCCCC5)c4[C@]3(O)[C@H]2O1. The maximum absolute atomic E-state index is 11.6. The maximum atomic E-state index is 11.6. The zero-order valence-electron chi connectivity index (χ0n) is 14.3. The van der Waals surface area contributed by atoms with Crippen molar-refractivity contribution < 1.29 is 19.3 Å². The van der Waals surface area contributed by atoms with E-state index in [-0.39, 0.29) is 6.10 Å². The molecule has 1 saturated carbocycles. The third-order valence-electron chi connectivity index (χ3n) is 6.01. The molecule has 2 saturated heterocycles. The van der Waals surface area contributed by atoms with Crippen LogP contribution in [0.2, 0.25) is 0 Å². The van der Waals surface area contributed by atoms with E-state index in [0.717, 1.165) is 17.8 Å². The molecule has 0 unspecified atom stereocenters. The summed E-state index contributed by atoms with van der Waals surface area (Å²) in [5, 5.41) is 20.2. The molecule has 5 rings (SSSR count). The number of hydrogen-bond acceptors (Lipinski definition) is 6. The summed E-state index contributed by atoms with van der Waals surface area (Å²) < 4.78 is 19.5. The summed E-state index contributed by atoms with van der Waals surface area (Å²) in [6, 6.07) is 0. The van der Waals surface area contributed by atoms with E-state index in [2.05, 4.69) is 10.3 Å². The molecule has 0 aromatic carbocycles. The van der Waals surface area contributed by atoms with E-state index in [4.69, 9.17) is 14.2 Å². The maximum Gasteiger partial charge on any atom is 0.191 e. The van der Waals surface area contributed by atoms with Crippen LogP contribution >= 0.6 is 0 Å². The van der Waals surface area contributed by atoms with Crippen LogP contribution in [0.3, 0.4) is 0 Å². The molecule has 0 amide bonds. The van der Waals surface area contributed by atoms with Crippen LogP contribution < -0.4 is 0 Å². The van der Waals surface area contributed by atoms with Gasteiger partial charge in [-0.25, -0.2) is 4.68 Å². The summed E-state index contributed by atoms with van der Waals surface area (Å²) in [7, 11) is 0. The fourth-order valence-electron chi connectivity index (χ4n) is 4.92. The number of rotatable bonds is 2. The molecule has 0 radical (unpaired) electrons. The van der Waals surface area contributed by atoms with E-state index in [1.807, 2.05) is 13.8 Å². The van der Waals surface area contributed by atoms with Crippen molar-refractivity contribution in [3.05, 3.63) is 11.4 Å². The largest absolute Gasteiger partial charge is 0.378 e. The normalized spacial score (nSPS) is 40.5. The van der Waals surface area contributed by atoms with Gasteiger partial charge >= 0.3 is 0 Å². The van der Waals surface area contributed by atoms with Gasteiger partial charge in [0.1, 0.15) is 12.2 Å². The summed E-state index contributed by atoms with van der Waals surface area (Å²) in [6.07, 6.45) is 5.85. The average molecular weight is 335 g/mol. The van der Waals surface area contributed by atoms with Gasteiger partial charge in [-0.15, -0.1) is 5.10 Å². The van der Waals surface area contributed by atoms with Gasteiger partial charge < -0.3 is 19.3 Å². The lowest BCUT2D eigenvalue weighted by atomic mass is 9.83. The minimum Gasteiger partial charge on any atom is -0.378 e. The van der Waals surface area contributed by atoms with Crippen molar-refractivity contribution in [1.82, 2.24) is 15.0 Å². The van der Waals surface area contributed by atoms with Gasteiger partial charge in [0.05, 0.1) is 17.9 Å². The van der Waals surface area contributed by atoms with Crippen LogP contribution in [-0.2, 0) is 32.8 Å². The standard InChI is InChI=1S/C17H25N3O4/c1-16(2)23-14-15(24-16)22-12-9-20-13(17(12,14)21)11(18-19-20)8-10-6-4-3-5-7-10/h10,12,14-15,21H,3-9H2,1-2H3/t12-,14+,15-,17+/m1/s1. The fraction of sp³-hybridized carbons (Fsp3) is 0.882. The first-order chi connectivity index (χ1) is 11.5. The van der Waals surface area contributed by atoms with Gasteiger partial charge in [0, 0.05) is 0 Å². The molecule has 132 valence electrons. The number of nitrogens with zero attached hydrogens (tertiary/aromatic N) is 3. The summed E-state index contributed by atoms with van der Waals surface area (Å²) in [6.45, 7) is 4.20. The Morgan fingerprint density at radius 1 is 1.21 bits per heavy atom. The molecule has 3 fully saturated rings. The number of ether oxygens (including phenoxy) is 3. The lowest BCUT2D eigenvalue weighted by molar-refractivity contribution is -0.228. The second kappa shape index (κ2) is 5.00. The molecule has 4 atom stereocenters. The van der Waals surface area contributed by atoms with Gasteiger partial charge in [-0.1, -0.05) is 37.3 Å².